The summed E-state index contributed by atoms with van der Waals surface area (Å²) in [5.74, 6) is 0.115. The van der Waals surface area contributed by atoms with Crippen molar-refractivity contribution in [3.63, 3.8) is 0 Å². The minimum Gasteiger partial charge on any atom is -0.368 e. The number of carbonyl (C=O) groups is 1. The zero-order chi connectivity index (χ0) is 16.9. The van der Waals surface area contributed by atoms with Crippen molar-refractivity contribution in [1.82, 2.24) is 4.90 Å². The van der Waals surface area contributed by atoms with Gasteiger partial charge in [0.1, 0.15) is 0 Å². The summed E-state index contributed by atoms with van der Waals surface area (Å²) in [6, 6.07) is 17.8. The summed E-state index contributed by atoms with van der Waals surface area (Å²) < 4.78 is 0. The van der Waals surface area contributed by atoms with Gasteiger partial charge in [-0.25, -0.2) is 0 Å². The fourth-order valence-electron chi connectivity index (χ4n) is 2.95. The molecule has 0 atom stereocenters. The molecule has 0 aliphatic carbocycles. The van der Waals surface area contributed by atoms with Crippen molar-refractivity contribution in [3.05, 3.63) is 70.8 Å². The van der Waals surface area contributed by atoms with Gasteiger partial charge in [-0.2, -0.15) is 0 Å². The molecule has 0 saturated carbocycles. The molecule has 1 fully saturated rings. The van der Waals surface area contributed by atoms with E-state index in [0.29, 0.717) is 0 Å². The van der Waals surface area contributed by atoms with Crippen molar-refractivity contribution in [1.29, 1.82) is 0 Å². The third-order valence-electron chi connectivity index (χ3n) is 4.26. The van der Waals surface area contributed by atoms with E-state index in [-0.39, 0.29) is 5.91 Å². The van der Waals surface area contributed by atoms with E-state index in [2.05, 4.69) is 11.0 Å². The molecule has 0 N–H and O–H groups in total. The molecule has 1 amide bonds. The zero-order valence-corrected chi connectivity index (χ0v) is 14.5. The average Bonchev–Trinajstić information content (AvgIpc) is 2.62. The molecule has 4 heteroatoms. The highest BCUT2D eigenvalue weighted by Gasteiger charge is 2.22. The second-order valence-corrected chi connectivity index (χ2v) is 6.43. The first-order valence-corrected chi connectivity index (χ1v) is 8.54. The summed E-state index contributed by atoms with van der Waals surface area (Å²) in [6.45, 7) is 4.99. The molecule has 3 rings (SSSR count). The molecule has 124 valence electrons. The summed E-state index contributed by atoms with van der Waals surface area (Å²) >= 11 is 6.06. The summed E-state index contributed by atoms with van der Waals surface area (Å²) in [5, 5.41) is 0.743. The Labute approximate surface area is 148 Å². The number of benzene rings is 2. The normalized spacial score (nSPS) is 15.5. The number of halogens is 1. The van der Waals surface area contributed by atoms with Crippen molar-refractivity contribution < 1.29 is 4.79 Å². The second-order valence-electron chi connectivity index (χ2n) is 6.00. The molecule has 0 unspecified atom stereocenters. The summed E-state index contributed by atoms with van der Waals surface area (Å²) in [5.41, 5.74) is 2.95. The first kappa shape index (κ1) is 16.6. The van der Waals surface area contributed by atoms with E-state index in [4.69, 9.17) is 11.6 Å². The lowest BCUT2D eigenvalue weighted by molar-refractivity contribution is -0.127. The van der Waals surface area contributed by atoms with Gasteiger partial charge in [-0.05, 0) is 36.8 Å². The Bertz CT molecular complexity index is 734. The van der Waals surface area contributed by atoms with Crippen LogP contribution in [-0.2, 0) is 4.79 Å². The Balaban J connectivity index is 1.62. The highest BCUT2D eigenvalue weighted by atomic mass is 35.5. The molecule has 0 bridgehead atoms. The fraction of sp³-hybridized carbons (Fsp3) is 0.250. The van der Waals surface area contributed by atoms with Gasteiger partial charge in [0.15, 0.2) is 0 Å². The molecule has 0 aromatic heterocycles. The maximum absolute atomic E-state index is 12.6. The molecule has 0 radical (unpaired) electrons. The van der Waals surface area contributed by atoms with Crippen LogP contribution in [0.3, 0.4) is 0 Å². The Kier molecular flexibility index (Phi) is 5.21. The van der Waals surface area contributed by atoms with Gasteiger partial charge >= 0.3 is 0 Å². The Morgan fingerprint density at radius 2 is 1.71 bits per heavy atom. The molecule has 1 saturated heterocycles. The number of hydrogen-bond donors (Lipinski definition) is 0. The van der Waals surface area contributed by atoms with Crippen molar-refractivity contribution in [2.45, 2.75) is 6.92 Å². The van der Waals surface area contributed by atoms with E-state index >= 15 is 0 Å². The molecule has 2 aromatic rings. The summed E-state index contributed by atoms with van der Waals surface area (Å²) in [7, 11) is 0. The van der Waals surface area contributed by atoms with Crippen LogP contribution in [-0.4, -0.2) is 37.0 Å². The van der Waals surface area contributed by atoms with Crippen LogP contribution < -0.4 is 4.90 Å². The minimum absolute atomic E-state index is 0.115. The fourth-order valence-corrected chi connectivity index (χ4v) is 3.14. The van der Waals surface area contributed by atoms with E-state index in [9.17, 15) is 4.79 Å². The van der Waals surface area contributed by atoms with Gasteiger partial charge in [0.05, 0.1) is 0 Å². The van der Waals surface area contributed by atoms with Crippen molar-refractivity contribution in [2.75, 3.05) is 31.1 Å². The minimum atomic E-state index is 0.115. The van der Waals surface area contributed by atoms with Gasteiger partial charge in [-0.3, -0.25) is 4.79 Å². The molecule has 1 heterocycles. The number of nitrogens with zero attached hydrogens (tertiary/aromatic N) is 2. The van der Waals surface area contributed by atoms with Gasteiger partial charge in [-0.1, -0.05) is 48.0 Å². The molecule has 1 aliphatic rings. The van der Waals surface area contributed by atoms with Gasteiger partial charge in [0.25, 0.3) is 0 Å². The number of piperazine rings is 1. The van der Waals surface area contributed by atoms with Crippen LogP contribution in [0.2, 0.25) is 5.02 Å². The lowest BCUT2D eigenvalue weighted by Crippen LogP contribution is -2.49. The maximum atomic E-state index is 12.6. The molecule has 1 aliphatic heterocycles. The maximum Gasteiger partial charge on any atom is 0.249 e. The molecule has 24 heavy (non-hydrogen) atoms. The van der Waals surface area contributed by atoms with Crippen LogP contribution in [0, 0.1) is 0 Å². The van der Waals surface area contributed by atoms with Crippen molar-refractivity contribution >= 4 is 29.3 Å². The van der Waals surface area contributed by atoms with Gasteiger partial charge in [-0.15, -0.1) is 0 Å². The number of carbonyl (C=O) groups excluding carboxylic acids is 1. The third-order valence-corrected chi connectivity index (χ3v) is 4.50. The highest BCUT2D eigenvalue weighted by molar-refractivity contribution is 6.30. The van der Waals surface area contributed by atoms with Crippen LogP contribution in [0.15, 0.2) is 60.2 Å². The third kappa shape index (κ3) is 3.98. The first-order valence-electron chi connectivity index (χ1n) is 8.16. The lowest BCUT2D eigenvalue weighted by Gasteiger charge is -2.36. The number of hydrogen-bond acceptors (Lipinski definition) is 2. The quantitative estimate of drug-likeness (QED) is 0.786. The lowest BCUT2D eigenvalue weighted by atomic mass is 10.1. The molecular formula is C20H21ClN2O. The SMILES string of the molecule is C/C(=C\c1ccccc1)C(=O)N1CCN(c2cccc(Cl)c2)CC1. The number of rotatable bonds is 3. The van der Waals surface area contributed by atoms with Crippen molar-refractivity contribution in [3.8, 4) is 0 Å². The van der Waals surface area contributed by atoms with Crippen LogP contribution in [0.4, 0.5) is 5.69 Å². The topological polar surface area (TPSA) is 23.6 Å². The van der Waals surface area contributed by atoms with Crippen LogP contribution in [0.25, 0.3) is 6.08 Å². The van der Waals surface area contributed by atoms with E-state index in [1.165, 1.54) is 0 Å². The zero-order valence-electron chi connectivity index (χ0n) is 13.8. The predicted molar refractivity (Wildman–Crippen MR) is 100 cm³/mol. The summed E-state index contributed by atoms with van der Waals surface area (Å²) in [4.78, 5) is 16.8. The molecular weight excluding hydrogens is 320 g/mol. The van der Waals surface area contributed by atoms with Gasteiger partial charge in [0, 0.05) is 42.5 Å². The van der Waals surface area contributed by atoms with E-state index in [0.717, 1.165) is 48.0 Å². The molecule has 0 spiro atoms. The van der Waals surface area contributed by atoms with E-state index in [1.54, 1.807) is 0 Å². The highest BCUT2D eigenvalue weighted by Crippen LogP contribution is 2.21. The standard InChI is InChI=1S/C20H21ClN2O/c1-16(14-17-6-3-2-4-7-17)20(24)23-12-10-22(11-13-23)19-9-5-8-18(21)15-19/h2-9,14-15H,10-13H2,1H3/b16-14+. The monoisotopic (exact) mass is 340 g/mol. The van der Waals surface area contributed by atoms with Gasteiger partial charge in [0.2, 0.25) is 5.91 Å². The van der Waals surface area contributed by atoms with Crippen LogP contribution in [0.1, 0.15) is 12.5 Å². The van der Waals surface area contributed by atoms with E-state index < -0.39 is 0 Å². The molecule has 2 aromatic carbocycles. The Hall–Kier alpha value is -2.26. The Morgan fingerprint density at radius 1 is 1.00 bits per heavy atom. The Morgan fingerprint density at radius 3 is 2.38 bits per heavy atom. The number of amides is 1. The smallest absolute Gasteiger partial charge is 0.249 e. The van der Waals surface area contributed by atoms with E-state index in [1.807, 2.05) is 66.4 Å². The second kappa shape index (κ2) is 7.54. The average molecular weight is 341 g/mol. The predicted octanol–water partition coefficient (Wildman–Crippen LogP) is 4.09. The first-order chi connectivity index (χ1) is 11.6. The summed E-state index contributed by atoms with van der Waals surface area (Å²) in [6.07, 6.45) is 1.95. The number of anilines is 1. The van der Waals surface area contributed by atoms with Crippen LogP contribution in [0.5, 0.6) is 0 Å². The van der Waals surface area contributed by atoms with Crippen molar-refractivity contribution in [2.24, 2.45) is 0 Å². The van der Waals surface area contributed by atoms with Gasteiger partial charge < -0.3 is 9.80 Å². The largest absolute Gasteiger partial charge is 0.368 e. The molecule has 3 nitrogen and oxygen atoms in total. The van der Waals surface area contributed by atoms with Crippen LogP contribution >= 0.6 is 11.6 Å².